The lowest BCUT2D eigenvalue weighted by molar-refractivity contribution is -0.134. The van der Waals surface area contributed by atoms with Gasteiger partial charge in [0.05, 0.1) is 18.9 Å². The third-order valence-corrected chi connectivity index (χ3v) is 3.80. The quantitative estimate of drug-likeness (QED) is 0.731. The van der Waals surface area contributed by atoms with E-state index in [-0.39, 0.29) is 0 Å². The molecule has 3 aromatic rings. The number of hydrogen-bond donors (Lipinski definition) is 1. The van der Waals surface area contributed by atoms with Gasteiger partial charge in [-0.05, 0) is 24.3 Å². The van der Waals surface area contributed by atoms with Crippen LogP contribution in [0.5, 0.6) is 5.75 Å². The van der Waals surface area contributed by atoms with Gasteiger partial charge in [-0.2, -0.15) is 0 Å². The van der Waals surface area contributed by atoms with Crippen molar-refractivity contribution in [3.63, 3.8) is 0 Å². The lowest BCUT2D eigenvalue weighted by Gasteiger charge is -2.17. The summed E-state index contributed by atoms with van der Waals surface area (Å²) in [5.74, 6) is -0.386. The molecule has 3 rings (SSSR count). The van der Waals surface area contributed by atoms with Crippen LogP contribution in [-0.4, -0.2) is 31.0 Å². The fourth-order valence-corrected chi connectivity index (χ4v) is 2.43. The topological polar surface area (TPSA) is 84.7 Å². The molecule has 0 aliphatic heterocycles. The number of nitrogens with one attached hydrogen (secondary N) is 1. The molecule has 0 atom stereocenters. The van der Waals surface area contributed by atoms with Gasteiger partial charge in [0.15, 0.2) is 12.2 Å². The predicted octanol–water partition coefficient (Wildman–Crippen LogP) is 2.95. The highest BCUT2D eigenvalue weighted by Gasteiger charge is 2.20. The Hall–Kier alpha value is -3.61. The standard InChI is InChI=1S/C19H17N3O4/c1-22(14-6-4-3-5-7-14)19(24)18(23)21-13-8-9-15(16(10-13)25-2)17-11-20-12-26-17/h3-12H,1-2H3,(H,21,23). The van der Waals surface area contributed by atoms with Crippen molar-refractivity contribution in [1.82, 2.24) is 4.98 Å². The van der Waals surface area contributed by atoms with Crippen molar-refractivity contribution in [2.75, 3.05) is 24.4 Å². The number of oxazole rings is 1. The van der Waals surface area contributed by atoms with Crippen LogP contribution in [0.4, 0.5) is 11.4 Å². The van der Waals surface area contributed by atoms with Crippen molar-refractivity contribution >= 4 is 23.2 Å². The Labute approximate surface area is 150 Å². The molecule has 26 heavy (non-hydrogen) atoms. The van der Waals surface area contributed by atoms with Gasteiger partial charge in [-0.1, -0.05) is 18.2 Å². The highest BCUT2D eigenvalue weighted by molar-refractivity contribution is 6.44. The van der Waals surface area contributed by atoms with Crippen LogP contribution < -0.4 is 15.0 Å². The lowest BCUT2D eigenvalue weighted by Crippen LogP contribution is -2.37. The van der Waals surface area contributed by atoms with E-state index in [2.05, 4.69) is 10.3 Å². The van der Waals surface area contributed by atoms with E-state index >= 15 is 0 Å². The van der Waals surface area contributed by atoms with Gasteiger partial charge in [0.25, 0.3) is 0 Å². The fraction of sp³-hybridized carbons (Fsp3) is 0.105. The van der Waals surface area contributed by atoms with Crippen molar-refractivity contribution in [2.45, 2.75) is 0 Å². The fourth-order valence-electron chi connectivity index (χ4n) is 2.43. The summed E-state index contributed by atoms with van der Waals surface area (Å²) >= 11 is 0. The van der Waals surface area contributed by atoms with Crippen molar-refractivity contribution in [3.05, 3.63) is 61.1 Å². The molecule has 0 radical (unpaired) electrons. The number of aromatic nitrogens is 1. The third kappa shape index (κ3) is 3.56. The van der Waals surface area contributed by atoms with Gasteiger partial charge in [0, 0.05) is 24.5 Å². The molecule has 0 spiro atoms. The maximum Gasteiger partial charge on any atom is 0.316 e. The van der Waals surface area contributed by atoms with Gasteiger partial charge in [-0.15, -0.1) is 0 Å². The van der Waals surface area contributed by atoms with Crippen molar-refractivity contribution in [2.24, 2.45) is 0 Å². The summed E-state index contributed by atoms with van der Waals surface area (Å²) < 4.78 is 10.6. The SMILES string of the molecule is COc1cc(NC(=O)C(=O)N(C)c2ccccc2)ccc1-c1cnco1. The predicted molar refractivity (Wildman–Crippen MR) is 97.0 cm³/mol. The summed E-state index contributed by atoms with van der Waals surface area (Å²) in [6.45, 7) is 0. The van der Waals surface area contributed by atoms with E-state index in [9.17, 15) is 9.59 Å². The van der Waals surface area contributed by atoms with Gasteiger partial charge >= 0.3 is 11.8 Å². The average Bonchev–Trinajstić information content (AvgIpc) is 3.21. The Morgan fingerprint density at radius 1 is 1.15 bits per heavy atom. The van der Waals surface area contributed by atoms with Crippen LogP contribution in [0.25, 0.3) is 11.3 Å². The van der Waals surface area contributed by atoms with Gasteiger partial charge in [-0.25, -0.2) is 4.98 Å². The Bertz CT molecular complexity index is 908. The maximum atomic E-state index is 12.3. The Morgan fingerprint density at radius 3 is 2.58 bits per heavy atom. The Morgan fingerprint density at radius 2 is 1.92 bits per heavy atom. The Kier molecular flexibility index (Phi) is 4.98. The number of ether oxygens (including phenoxy) is 1. The molecule has 0 fully saturated rings. The first-order chi connectivity index (χ1) is 12.6. The monoisotopic (exact) mass is 351 g/mol. The van der Waals surface area contributed by atoms with E-state index in [1.54, 1.807) is 55.7 Å². The van der Waals surface area contributed by atoms with Crippen LogP contribution in [0.2, 0.25) is 0 Å². The number of nitrogens with zero attached hydrogens (tertiary/aromatic N) is 2. The second-order valence-corrected chi connectivity index (χ2v) is 5.43. The van der Waals surface area contributed by atoms with Gasteiger partial charge < -0.3 is 19.4 Å². The molecule has 1 N–H and O–H groups in total. The van der Waals surface area contributed by atoms with Gasteiger partial charge in [0.2, 0.25) is 0 Å². The van der Waals surface area contributed by atoms with Crippen LogP contribution in [-0.2, 0) is 9.59 Å². The van der Waals surface area contributed by atoms with E-state index in [1.807, 2.05) is 6.07 Å². The molecule has 2 aromatic carbocycles. The normalized spacial score (nSPS) is 10.2. The number of carbonyl (C=O) groups excluding carboxylic acids is 2. The summed E-state index contributed by atoms with van der Waals surface area (Å²) in [7, 11) is 3.06. The molecule has 0 bridgehead atoms. The maximum absolute atomic E-state index is 12.3. The molecule has 7 heteroatoms. The number of likely N-dealkylation sites (N-methyl/N-ethyl adjacent to an activating group) is 1. The van der Waals surface area contributed by atoms with Crippen molar-refractivity contribution in [3.8, 4) is 17.1 Å². The van der Waals surface area contributed by atoms with Gasteiger partial charge in [0.1, 0.15) is 5.75 Å². The van der Waals surface area contributed by atoms with Crippen LogP contribution in [0.1, 0.15) is 0 Å². The number of rotatable bonds is 4. The third-order valence-electron chi connectivity index (χ3n) is 3.80. The summed E-state index contributed by atoms with van der Waals surface area (Å²) in [4.78, 5) is 29.7. The summed E-state index contributed by atoms with van der Waals surface area (Å²) in [5.41, 5.74) is 1.76. The molecule has 0 aliphatic rings. The van der Waals surface area contributed by atoms with Crippen LogP contribution in [0, 0.1) is 0 Å². The van der Waals surface area contributed by atoms with Crippen molar-refractivity contribution < 1.29 is 18.7 Å². The number of benzene rings is 2. The first kappa shape index (κ1) is 17.2. The zero-order valence-electron chi connectivity index (χ0n) is 14.3. The highest BCUT2D eigenvalue weighted by Crippen LogP contribution is 2.32. The highest BCUT2D eigenvalue weighted by atomic mass is 16.5. The average molecular weight is 351 g/mol. The smallest absolute Gasteiger partial charge is 0.316 e. The zero-order chi connectivity index (χ0) is 18.5. The number of amides is 2. The van der Waals surface area contributed by atoms with E-state index in [1.165, 1.54) is 18.4 Å². The molecular weight excluding hydrogens is 334 g/mol. The molecule has 2 amide bonds. The zero-order valence-corrected chi connectivity index (χ0v) is 14.3. The van der Waals surface area contributed by atoms with Crippen LogP contribution in [0.15, 0.2) is 65.5 Å². The summed E-state index contributed by atoms with van der Waals surface area (Å²) in [6, 6.07) is 13.9. The minimum Gasteiger partial charge on any atom is -0.496 e. The van der Waals surface area contributed by atoms with Crippen molar-refractivity contribution in [1.29, 1.82) is 0 Å². The molecule has 0 aliphatic carbocycles. The summed E-state index contributed by atoms with van der Waals surface area (Å²) in [5, 5.41) is 2.58. The molecule has 7 nitrogen and oxygen atoms in total. The number of carbonyl (C=O) groups is 2. The summed E-state index contributed by atoms with van der Waals surface area (Å²) in [6.07, 6.45) is 2.89. The minimum absolute atomic E-state index is 0.435. The molecule has 132 valence electrons. The lowest BCUT2D eigenvalue weighted by atomic mass is 10.1. The van der Waals surface area contributed by atoms with Gasteiger partial charge in [-0.3, -0.25) is 9.59 Å². The molecule has 0 unspecified atom stereocenters. The van der Waals surface area contributed by atoms with E-state index in [4.69, 9.17) is 9.15 Å². The number of para-hydroxylation sites is 1. The second-order valence-electron chi connectivity index (χ2n) is 5.43. The molecule has 1 heterocycles. The first-order valence-corrected chi connectivity index (χ1v) is 7.81. The Balaban J connectivity index is 1.76. The van der Waals surface area contributed by atoms with E-state index in [0.29, 0.717) is 28.4 Å². The molecule has 1 aromatic heterocycles. The largest absolute Gasteiger partial charge is 0.496 e. The first-order valence-electron chi connectivity index (χ1n) is 7.81. The number of anilines is 2. The number of methoxy groups -OCH3 is 1. The van der Waals surface area contributed by atoms with E-state index in [0.717, 1.165) is 0 Å². The minimum atomic E-state index is -0.745. The van der Waals surface area contributed by atoms with Crippen LogP contribution >= 0.6 is 0 Å². The molecule has 0 saturated carbocycles. The second kappa shape index (κ2) is 7.52. The molecular formula is C19H17N3O4. The van der Waals surface area contributed by atoms with Crippen LogP contribution in [0.3, 0.4) is 0 Å². The van der Waals surface area contributed by atoms with E-state index < -0.39 is 11.8 Å². The number of hydrogen-bond acceptors (Lipinski definition) is 5. The molecule has 0 saturated heterocycles.